The van der Waals surface area contributed by atoms with Crippen LogP contribution in [-0.2, 0) is 19.4 Å². The van der Waals surface area contributed by atoms with Crippen molar-refractivity contribution in [1.29, 1.82) is 0 Å². The molecule has 1 N–H and O–H groups in total. The van der Waals surface area contributed by atoms with Crippen LogP contribution in [0.4, 0.5) is 0 Å². The summed E-state index contributed by atoms with van der Waals surface area (Å²) in [6, 6.07) is 2.86. The van der Waals surface area contributed by atoms with E-state index in [1.54, 1.807) is 13.0 Å². The van der Waals surface area contributed by atoms with Crippen LogP contribution in [0.2, 0.25) is 0 Å². The van der Waals surface area contributed by atoms with Crippen molar-refractivity contribution in [3.63, 3.8) is 0 Å². The van der Waals surface area contributed by atoms with E-state index in [1.807, 2.05) is 0 Å². The Bertz CT molecular complexity index is 691. The van der Waals surface area contributed by atoms with Gasteiger partial charge in [0.05, 0.1) is 29.9 Å². The van der Waals surface area contributed by atoms with Crippen molar-refractivity contribution in [3.05, 3.63) is 34.9 Å². The van der Waals surface area contributed by atoms with Crippen molar-refractivity contribution in [3.8, 4) is 0 Å². The van der Waals surface area contributed by atoms with Crippen LogP contribution >= 0.6 is 0 Å². The molecule has 7 heteroatoms. The van der Waals surface area contributed by atoms with E-state index in [4.69, 9.17) is 9.57 Å². The van der Waals surface area contributed by atoms with Gasteiger partial charge < -0.3 is 4.74 Å². The Labute approximate surface area is 117 Å². The number of carbonyl (C=O) groups is 1. The van der Waals surface area contributed by atoms with Gasteiger partial charge in [-0.3, -0.25) is 10.3 Å². The summed E-state index contributed by atoms with van der Waals surface area (Å²) >= 11 is 0. The molecular weight excluding hydrogens is 282 g/mol. The first-order chi connectivity index (χ1) is 9.36. The molecule has 0 unspecified atom stereocenters. The number of hydroxylamine groups is 1. The standard InChI is InChI=1S/C13H15NO5S/c1-8-9(13(15)18-2)4-5-11(20(3,16)17)12(8)10-6-7-19-14-10/h4-6,14H,7H2,1-3H3. The van der Waals surface area contributed by atoms with Crippen LogP contribution in [0.1, 0.15) is 21.5 Å². The van der Waals surface area contributed by atoms with Gasteiger partial charge in [0, 0.05) is 11.8 Å². The molecule has 1 heterocycles. The number of methoxy groups -OCH3 is 1. The summed E-state index contributed by atoms with van der Waals surface area (Å²) in [4.78, 5) is 16.9. The van der Waals surface area contributed by atoms with Gasteiger partial charge in [-0.25, -0.2) is 13.2 Å². The van der Waals surface area contributed by atoms with E-state index in [-0.39, 0.29) is 4.90 Å². The molecule has 1 aromatic rings. The van der Waals surface area contributed by atoms with E-state index in [2.05, 4.69) is 5.48 Å². The molecule has 0 saturated heterocycles. The van der Waals surface area contributed by atoms with Crippen molar-refractivity contribution in [1.82, 2.24) is 5.48 Å². The third-order valence-electron chi connectivity index (χ3n) is 3.05. The number of benzene rings is 1. The van der Waals surface area contributed by atoms with E-state index < -0.39 is 15.8 Å². The van der Waals surface area contributed by atoms with Crippen LogP contribution in [-0.4, -0.2) is 34.4 Å². The van der Waals surface area contributed by atoms with Crippen LogP contribution in [0.15, 0.2) is 23.1 Å². The molecule has 0 bridgehead atoms. The Morgan fingerprint density at radius 3 is 2.60 bits per heavy atom. The third kappa shape index (κ3) is 2.54. The minimum atomic E-state index is -3.43. The summed E-state index contributed by atoms with van der Waals surface area (Å²) in [6.07, 6.45) is 2.84. The van der Waals surface area contributed by atoms with Crippen LogP contribution in [0.5, 0.6) is 0 Å². The van der Waals surface area contributed by atoms with E-state index in [0.717, 1.165) is 6.26 Å². The molecule has 1 aliphatic heterocycles. The number of rotatable bonds is 3. The highest BCUT2D eigenvalue weighted by molar-refractivity contribution is 7.90. The molecule has 0 radical (unpaired) electrons. The topological polar surface area (TPSA) is 81.7 Å². The maximum atomic E-state index is 11.9. The first-order valence-electron chi connectivity index (χ1n) is 5.86. The Kier molecular flexibility index (Phi) is 3.82. The summed E-state index contributed by atoms with van der Waals surface area (Å²) in [6.45, 7) is 2.01. The predicted octanol–water partition coefficient (Wildman–Crippen LogP) is 1.06. The Morgan fingerprint density at radius 2 is 2.10 bits per heavy atom. The van der Waals surface area contributed by atoms with Gasteiger partial charge in [-0.2, -0.15) is 0 Å². The molecular formula is C13H15NO5S. The van der Waals surface area contributed by atoms with Crippen molar-refractivity contribution in [2.75, 3.05) is 20.0 Å². The quantitative estimate of drug-likeness (QED) is 0.840. The van der Waals surface area contributed by atoms with Crippen molar-refractivity contribution in [2.24, 2.45) is 0 Å². The minimum Gasteiger partial charge on any atom is -0.465 e. The van der Waals surface area contributed by atoms with Gasteiger partial charge >= 0.3 is 5.97 Å². The highest BCUT2D eigenvalue weighted by atomic mass is 32.2. The fourth-order valence-corrected chi connectivity index (χ4v) is 3.05. The Morgan fingerprint density at radius 1 is 1.40 bits per heavy atom. The molecule has 0 aromatic heterocycles. The first kappa shape index (κ1) is 14.5. The molecule has 0 fully saturated rings. The van der Waals surface area contributed by atoms with E-state index in [9.17, 15) is 13.2 Å². The summed E-state index contributed by atoms with van der Waals surface area (Å²) in [5, 5.41) is 0. The fraction of sp³-hybridized carbons (Fsp3) is 0.308. The summed E-state index contributed by atoms with van der Waals surface area (Å²) in [5.41, 5.74) is 4.48. The lowest BCUT2D eigenvalue weighted by Gasteiger charge is -2.15. The average molecular weight is 297 g/mol. The fourth-order valence-electron chi connectivity index (χ4n) is 2.10. The molecule has 20 heavy (non-hydrogen) atoms. The third-order valence-corrected chi connectivity index (χ3v) is 4.19. The number of ether oxygens (including phenoxy) is 1. The summed E-state index contributed by atoms with van der Waals surface area (Å²) < 4.78 is 28.5. The summed E-state index contributed by atoms with van der Waals surface area (Å²) in [5.74, 6) is -0.511. The number of hydrogen-bond acceptors (Lipinski definition) is 6. The van der Waals surface area contributed by atoms with E-state index >= 15 is 0 Å². The Balaban J connectivity index is 2.73. The monoisotopic (exact) mass is 297 g/mol. The van der Waals surface area contributed by atoms with Crippen LogP contribution in [0.3, 0.4) is 0 Å². The van der Waals surface area contributed by atoms with Gasteiger partial charge in [0.25, 0.3) is 0 Å². The lowest BCUT2D eigenvalue weighted by molar-refractivity contribution is 0.0599. The number of hydrogen-bond donors (Lipinski definition) is 1. The molecule has 0 saturated carbocycles. The smallest absolute Gasteiger partial charge is 0.338 e. The number of esters is 1. The zero-order valence-corrected chi connectivity index (χ0v) is 12.2. The van der Waals surface area contributed by atoms with Crippen molar-refractivity contribution < 1.29 is 22.8 Å². The zero-order valence-electron chi connectivity index (χ0n) is 11.4. The Hall–Kier alpha value is -1.86. The van der Waals surface area contributed by atoms with Crippen LogP contribution in [0.25, 0.3) is 5.70 Å². The highest BCUT2D eigenvalue weighted by Gasteiger charge is 2.24. The van der Waals surface area contributed by atoms with Crippen LogP contribution < -0.4 is 5.48 Å². The maximum absolute atomic E-state index is 11.9. The number of sulfone groups is 1. The second kappa shape index (κ2) is 5.26. The molecule has 0 spiro atoms. The maximum Gasteiger partial charge on any atom is 0.338 e. The zero-order chi connectivity index (χ0) is 14.9. The van der Waals surface area contributed by atoms with Gasteiger partial charge in [0.2, 0.25) is 0 Å². The number of nitrogens with one attached hydrogen (secondary N) is 1. The number of carbonyl (C=O) groups excluding carboxylic acids is 1. The second-order valence-electron chi connectivity index (χ2n) is 4.41. The van der Waals surface area contributed by atoms with Gasteiger partial charge in [0.1, 0.15) is 0 Å². The molecule has 1 aromatic carbocycles. The average Bonchev–Trinajstić information content (AvgIpc) is 2.89. The van der Waals surface area contributed by atoms with Crippen LogP contribution in [0, 0.1) is 6.92 Å². The highest BCUT2D eigenvalue weighted by Crippen LogP contribution is 2.29. The second-order valence-corrected chi connectivity index (χ2v) is 6.39. The molecule has 108 valence electrons. The van der Waals surface area contributed by atoms with Gasteiger partial charge in [-0.1, -0.05) is 0 Å². The normalized spacial score (nSPS) is 14.7. The molecule has 0 atom stereocenters. The molecule has 1 aliphatic rings. The lowest BCUT2D eigenvalue weighted by Crippen LogP contribution is -2.14. The minimum absolute atomic E-state index is 0.145. The van der Waals surface area contributed by atoms with Crippen molar-refractivity contribution >= 4 is 21.5 Å². The lowest BCUT2D eigenvalue weighted by atomic mass is 10.00. The molecule has 2 rings (SSSR count). The van der Waals surface area contributed by atoms with Gasteiger partial charge in [0.15, 0.2) is 9.84 Å². The molecule has 0 amide bonds. The largest absolute Gasteiger partial charge is 0.465 e. The first-order valence-corrected chi connectivity index (χ1v) is 7.75. The predicted molar refractivity (Wildman–Crippen MR) is 72.7 cm³/mol. The molecule has 0 aliphatic carbocycles. The van der Waals surface area contributed by atoms with E-state index in [1.165, 1.54) is 19.2 Å². The van der Waals surface area contributed by atoms with Gasteiger partial charge in [-0.05, 0) is 30.7 Å². The SMILES string of the molecule is COC(=O)c1ccc(S(C)(=O)=O)c(C2=CCON2)c1C. The van der Waals surface area contributed by atoms with E-state index in [0.29, 0.717) is 29.0 Å². The molecule has 6 nitrogen and oxygen atoms in total. The summed E-state index contributed by atoms with van der Waals surface area (Å²) in [7, 11) is -2.15. The van der Waals surface area contributed by atoms with Crippen molar-refractivity contribution in [2.45, 2.75) is 11.8 Å². The van der Waals surface area contributed by atoms with Gasteiger partial charge in [-0.15, -0.1) is 0 Å².